The van der Waals surface area contributed by atoms with E-state index in [9.17, 15) is 4.79 Å². The highest BCUT2D eigenvalue weighted by atomic mass is 16.2. The van der Waals surface area contributed by atoms with E-state index >= 15 is 0 Å². The first-order valence-corrected chi connectivity index (χ1v) is 8.79. The molecule has 0 saturated carbocycles. The summed E-state index contributed by atoms with van der Waals surface area (Å²) >= 11 is 0. The van der Waals surface area contributed by atoms with Gasteiger partial charge >= 0.3 is 0 Å². The van der Waals surface area contributed by atoms with E-state index in [-0.39, 0.29) is 5.91 Å². The van der Waals surface area contributed by atoms with Gasteiger partial charge in [-0.3, -0.25) is 9.78 Å². The summed E-state index contributed by atoms with van der Waals surface area (Å²) in [6.07, 6.45) is 5.00. The maximum absolute atomic E-state index is 12.5. The second-order valence-electron chi connectivity index (χ2n) is 6.47. The number of amides is 1. The normalized spacial score (nSPS) is 14.4. The van der Waals surface area contributed by atoms with Crippen LogP contribution in [0.2, 0.25) is 0 Å². The van der Waals surface area contributed by atoms with Gasteiger partial charge in [0.15, 0.2) is 11.6 Å². The summed E-state index contributed by atoms with van der Waals surface area (Å²) in [5, 5.41) is 12.9. The molecular weight excluding hydrogens is 344 g/mol. The van der Waals surface area contributed by atoms with Gasteiger partial charge in [-0.2, -0.15) is 5.10 Å². The van der Waals surface area contributed by atoms with E-state index in [1.165, 1.54) is 6.20 Å². The predicted octanol–water partition coefficient (Wildman–Crippen LogP) is 1.03. The van der Waals surface area contributed by atoms with Gasteiger partial charge in [-0.1, -0.05) is 0 Å². The van der Waals surface area contributed by atoms with Gasteiger partial charge in [-0.25, -0.2) is 9.67 Å². The molecule has 4 rings (SSSR count). The molecule has 0 aliphatic carbocycles. The van der Waals surface area contributed by atoms with Crippen LogP contribution >= 0.6 is 0 Å². The number of carbonyl (C=O) groups excluding carboxylic acids is 1. The lowest BCUT2D eigenvalue weighted by molar-refractivity contribution is 0.0740. The Balaban J connectivity index is 1.39. The molecule has 0 atom stereocenters. The Morgan fingerprint density at radius 2 is 1.63 bits per heavy atom. The van der Waals surface area contributed by atoms with Gasteiger partial charge in [-0.05, 0) is 32.0 Å². The second-order valence-corrected chi connectivity index (χ2v) is 6.47. The lowest BCUT2D eigenvalue weighted by Crippen LogP contribution is -2.49. The molecule has 27 heavy (non-hydrogen) atoms. The van der Waals surface area contributed by atoms with Crippen molar-refractivity contribution in [1.29, 1.82) is 0 Å². The maximum Gasteiger partial charge on any atom is 0.274 e. The minimum absolute atomic E-state index is 0.0855. The fourth-order valence-corrected chi connectivity index (χ4v) is 2.96. The number of rotatable bonds is 3. The van der Waals surface area contributed by atoms with Crippen LogP contribution in [0, 0.1) is 13.8 Å². The average Bonchev–Trinajstić information content (AvgIpc) is 3.15. The third-order valence-electron chi connectivity index (χ3n) is 4.48. The van der Waals surface area contributed by atoms with Crippen molar-refractivity contribution in [2.75, 3.05) is 31.1 Å². The number of carbonyl (C=O) groups is 1. The van der Waals surface area contributed by atoms with E-state index in [1.807, 2.05) is 38.2 Å². The molecule has 0 N–H and O–H groups in total. The monoisotopic (exact) mass is 364 g/mol. The zero-order chi connectivity index (χ0) is 18.8. The number of nitrogens with zero attached hydrogens (tertiary/aromatic N) is 8. The van der Waals surface area contributed by atoms with E-state index in [2.05, 4.69) is 30.2 Å². The molecule has 1 aliphatic rings. The first-order valence-electron chi connectivity index (χ1n) is 8.79. The number of anilines is 1. The Morgan fingerprint density at radius 1 is 0.889 bits per heavy atom. The van der Waals surface area contributed by atoms with Gasteiger partial charge in [0.1, 0.15) is 5.69 Å². The minimum Gasteiger partial charge on any atom is -0.352 e. The van der Waals surface area contributed by atoms with Crippen molar-refractivity contribution in [2.45, 2.75) is 13.8 Å². The number of piperazine rings is 1. The highest BCUT2D eigenvalue weighted by molar-refractivity contribution is 5.92. The largest absolute Gasteiger partial charge is 0.352 e. The first-order chi connectivity index (χ1) is 13.1. The lowest BCUT2D eigenvalue weighted by Gasteiger charge is -2.34. The van der Waals surface area contributed by atoms with Crippen molar-refractivity contribution < 1.29 is 4.79 Å². The molecule has 0 bridgehead atoms. The quantitative estimate of drug-likeness (QED) is 0.685. The molecule has 1 amide bonds. The smallest absolute Gasteiger partial charge is 0.274 e. The van der Waals surface area contributed by atoms with Crippen molar-refractivity contribution in [3.8, 4) is 5.82 Å². The van der Waals surface area contributed by atoms with Crippen LogP contribution in [0.1, 0.15) is 21.9 Å². The van der Waals surface area contributed by atoms with Crippen LogP contribution in [0.4, 0.5) is 5.82 Å². The molecular formula is C18H20N8O. The average molecular weight is 364 g/mol. The molecule has 3 aromatic rings. The SMILES string of the molecule is Cc1cnc(C(=O)N2CCN(c3ccc(-n4ccc(C)n4)nn3)CC2)cn1. The molecule has 1 fully saturated rings. The zero-order valence-electron chi connectivity index (χ0n) is 15.3. The molecule has 0 unspecified atom stereocenters. The first kappa shape index (κ1) is 17.1. The molecule has 0 spiro atoms. The Bertz CT molecular complexity index is 927. The molecule has 0 radical (unpaired) electrons. The number of aryl methyl sites for hydroxylation is 2. The fourth-order valence-electron chi connectivity index (χ4n) is 2.96. The molecule has 9 heteroatoms. The Labute approximate surface area is 156 Å². The van der Waals surface area contributed by atoms with Crippen molar-refractivity contribution in [3.05, 3.63) is 53.9 Å². The maximum atomic E-state index is 12.5. The standard InChI is InChI=1S/C18H20N8O/c1-13-5-6-26(23-13)17-4-3-16(21-22-17)24-7-9-25(10-8-24)18(27)15-12-19-14(2)11-20-15/h3-6,11-12H,7-10H2,1-2H3. The molecule has 3 aromatic heterocycles. The van der Waals surface area contributed by atoms with E-state index in [4.69, 9.17) is 0 Å². The summed E-state index contributed by atoms with van der Waals surface area (Å²) in [6, 6.07) is 5.75. The molecule has 9 nitrogen and oxygen atoms in total. The topological polar surface area (TPSA) is 92.9 Å². The van der Waals surface area contributed by atoms with Crippen LogP contribution in [0.3, 0.4) is 0 Å². The summed E-state index contributed by atoms with van der Waals surface area (Å²) in [6.45, 7) is 6.38. The van der Waals surface area contributed by atoms with Gasteiger partial charge in [0.05, 0.1) is 17.6 Å². The van der Waals surface area contributed by atoms with Crippen LogP contribution in [0.5, 0.6) is 0 Å². The van der Waals surface area contributed by atoms with Crippen LogP contribution in [0.25, 0.3) is 5.82 Å². The van der Waals surface area contributed by atoms with Crippen LogP contribution in [-0.4, -0.2) is 66.9 Å². The summed E-state index contributed by atoms with van der Waals surface area (Å²) in [4.78, 5) is 24.8. The molecule has 4 heterocycles. The molecule has 1 aliphatic heterocycles. The van der Waals surface area contributed by atoms with E-state index in [0.29, 0.717) is 37.7 Å². The fraction of sp³-hybridized carbons (Fsp3) is 0.333. The lowest BCUT2D eigenvalue weighted by atomic mass is 10.2. The van der Waals surface area contributed by atoms with Gasteiger partial charge < -0.3 is 9.80 Å². The minimum atomic E-state index is -0.0855. The van der Waals surface area contributed by atoms with Gasteiger partial charge in [0.2, 0.25) is 0 Å². The second kappa shape index (κ2) is 7.10. The van der Waals surface area contributed by atoms with Gasteiger partial charge in [0, 0.05) is 38.6 Å². The predicted molar refractivity (Wildman–Crippen MR) is 98.8 cm³/mol. The van der Waals surface area contributed by atoms with E-state index in [1.54, 1.807) is 15.8 Å². The number of hydrogen-bond acceptors (Lipinski definition) is 7. The molecule has 138 valence electrons. The Kier molecular flexibility index (Phi) is 4.49. The van der Waals surface area contributed by atoms with Gasteiger partial charge in [-0.15, -0.1) is 10.2 Å². The zero-order valence-corrected chi connectivity index (χ0v) is 15.3. The van der Waals surface area contributed by atoms with E-state index in [0.717, 1.165) is 17.2 Å². The third kappa shape index (κ3) is 3.62. The Morgan fingerprint density at radius 3 is 2.22 bits per heavy atom. The number of hydrogen-bond donors (Lipinski definition) is 0. The van der Waals surface area contributed by atoms with Gasteiger partial charge in [0.25, 0.3) is 5.91 Å². The molecule has 1 saturated heterocycles. The molecule has 0 aromatic carbocycles. The number of aromatic nitrogens is 6. The van der Waals surface area contributed by atoms with Crippen molar-refractivity contribution in [2.24, 2.45) is 0 Å². The van der Waals surface area contributed by atoms with Crippen molar-refractivity contribution in [1.82, 2.24) is 34.8 Å². The van der Waals surface area contributed by atoms with Crippen molar-refractivity contribution >= 4 is 11.7 Å². The van der Waals surface area contributed by atoms with Crippen LogP contribution in [-0.2, 0) is 0 Å². The van der Waals surface area contributed by atoms with Crippen LogP contribution in [0.15, 0.2) is 36.8 Å². The summed E-state index contributed by atoms with van der Waals surface area (Å²) < 4.78 is 1.70. The summed E-state index contributed by atoms with van der Waals surface area (Å²) in [5.41, 5.74) is 2.11. The summed E-state index contributed by atoms with van der Waals surface area (Å²) in [7, 11) is 0. The van der Waals surface area contributed by atoms with E-state index < -0.39 is 0 Å². The third-order valence-corrected chi connectivity index (χ3v) is 4.48. The summed E-state index contributed by atoms with van der Waals surface area (Å²) in [5.74, 6) is 1.39. The van der Waals surface area contributed by atoms with Crippen molar-refractivity contribution in [3.63, 3.8) is 0 Å². The Hall–Kier alpha value is -3.36. The highest BCUT2D eigenvalue weighted by Gasteiger charge is 2.24. The van der Waals surface area contributed by atoms with Crippen LogP contribution < -0.4 is 4.90 Å². The highest BCUT2D eigenvalue weighted by Crippen LogP contribution is 2.15.